The zero-order valence-corrected chi connectivity index (χ0v) is 17.0. The third kappa shape index (κ3) is 3.44. The van der Waals surface area contributed by atoms with E-state index in [0.29, 0.717) is 28.7 Å². The summed E-state index contributed by atoms with van der Waals surface area (Å²) in [5.41, 5.74) is 2.79. The molecule has 8 nitrogen and oxygen atoms in total. The second kappa shape index (κ2) is 7.49. The van der Waals surface area contributed by atoms with Crippen molar-refractivity contribution in [1.82, 2.24) is 29.5 Å². The van der Waals surface area contributed by atoms with Gasteiger partial charge in [-0.3, -0.25) is 4.79 Å². The number of carbonyl (C=O) groups excluding carboxylic acids is 1. The van der Waals surface area contributed by atoms with E-state index in [2.05, 4.69) is 25.5 Å². The Bertz CT molecular complexity index is 1400. The standard InChI is InChI=1S/C23H19N7O/c1-15-13-22(30(28-15)21-11-10-17-7-3-4-8-19(17)26-21)27-23(31)18-14-25-29(16(18)2)20-9-5-6-12-24-20/h3-14H,1-2H3,(H,27,31). The lowest BCUT2D eigenvalue weighted by Gasteiger charge is -2.09. The number of nitrogens with zero attached hydrogens (tertiary/aromatic N) is 6. The van der Waals surface area contributed by atoms with Crippen molar-refractivity contribution in [2.24, 2.45) is 0 Å². The number of para-hydroxylation sites is 1. The molecule has 0 radical (unpaired) electrons. The lowest BCUT2D eigenvalue weighted by molar-refractivity contribution is 0.102. The van der Waals surface area contributed by atoms with Crippen molar-refractivity contribution < 1.29 is 4.79 Å². The second-order valence-electron chi connectivity index (χ2n) is 7.14. The molecule has 0 aliphatic carbocycles. The number of aryl methyl sites for hydroxylation is 1. The second-order valence-corrected chi connectivity index (χ2v) is 7.14. The molecule has 0 bridgehead atoms. The van der Waals surface area contributed by atoms with Gasteiger partial charge in [0, 0.05) is 17.6 Å². The average molecular weight is 409 g/mol. The number of nitrogens with one attached hydrogen (secondary N) is 1. The van der Waals surface area contributed by atoms with E-state index in [0.717, 1.165) is 16.6 Å². The van der Waals surface area contributed by atoms with Crippen molar-refractivity contribution in [3.63, 3.8) is 0 Å². The molecule has 0 atom stereocenters. The van der Waals surface area contributed by atoms with Gasteiger partial charge in [0.05, 0.1) is 28.7 Å². The van der Waals surface area contributed by atoms with Gasteiger partial charge in [0.15, 0.2) is 11.6 Å². The lowest BCUT2D eigenvalue weighted by atomic mass is 10.2. The maximum Gasteiger partial charge on any atom is 0.260 e. The zero-order chi connectivity index (χ0) is 21.4. The SMILES string of the molecule is Cc1cc(NC(=O)c2cnn(-c3ccccn3)c2C)n(-c2ccc3ccccc3n2)n1. The van der Waals surface area contributed by atoms with Gasteiger partial charge < -0.3 is 5.32 Å². The van der Waals surface area contributed by atoms with Crippen LogP contribution >= 0.6 is 0 Å². The zero-order valence-electron chi connectivity index (χ0n) is 17.0. The summed E-state index contributed by atoms with van der Waals surface area (Å²) in [6.45, 7) is 3.71. The lowest BCUT2D eigenvalue weighted by Crippen LogP contribution is -2.16. The smallest absolute Gasteiger partial charge is 0.260 e. The van der Waals surface area contributed by atoms with E-state index in [-0.39, 0.29) is 5.91 Å². The Hall–Kier alpha value is -4.33. The van der Waals surface area contributed by atoms with Gasteiger partial charge in [0.1, 0.15) is 5.82 Å². The van der Waals surface area contributed by atoms with Gasteiger partial charge in [-0.25, -0.2) is 14.6 Å². The molecule has 1 amide bonds. The summed E-state index contributed by atoms with van der Waals surface area (Å²) in [5, 5.41) is 12.8. The molecule has 152 valence electrons. The summed E-state index contributed by atoms with van der Waals surface area (Å²) in [6.07, 6.45) is 3.23. The molecule has 8 heteroatoms. The highest BCUT2D eigenvalue weighted by atomic mass is 16.1. The minimum atomic E-state index is -0.276. The number of carbonyl (C=O) groups is 1. The van der Waals surface area contributed by atoms with Gasteiger partial charge in [-0.1, -0.05) is 24.3 Å². The number of pyridine rings is 2. The van der Waals surface area contributed by atoms with Crippen LogP contribution in [0, 0.1) is 13.8 Å². The molecule has 0 saturated heterocycles. The van der Waals surface area contributed by atoms with Crippen LogP contribution in [0.15, 0.2) is 73.1 Å². The molecule has 0 unspecified atom stereocenters. The maximum absolute atomic E-state index is 13.0. The fourth-order valence-corrected chi connectivity index (χ4v) is 3.46. The number of fused-ring (bicyclic) bond motifs is 1. The van der Waals surface area contributed by atoms with Crippen molar-refractivity contribution in [3.8, 4) is 11.6 Å². The third-order valence-corrected chi connectivity index (χ3v) is 4.99. The summed E-state index contributed by atoms with van der Waals surface area (Å²) in [6, 6.07) is 19.1. The van der Waals surface area contributed by atoms with Crippen molar-refractivity contribution in [3.05, 3.63) is 90.0 Å². The first-order valence-electron chi connectivity index (χ1n) is 9.80. The van der Waals surface area contributed by atoms with Crippen molar-refractivity contribution in [2.45, 2.75) is 13.8 Å². The van der Waals surface area contributed by atoms with Crippen molar-refractivity contribution >= 4 is 22.6 Å². The largest absolute Gasteiger partial charge is 0.306 e. The number of hydrogen-bond donors (Lipinski definition) is 1. The van der Waals surface area contributed by atoms with Gasteiger partial charge in [0.25, 0.3) is 5.91 Å². The molecule has 0 spiro atoms. The summed E-state index contributed by atoms with van der Waals surface area (Å²) in [4.78, 5) is 22.0. The van der Waals surface area contributed by atoms with E-state index in [1.807, 2.05) is 74.5 Å². The molecule has 1 N–H and O–H groups in total. The Labute approximate surface area is 178 Å². The number of anilines is 1. The van der Waals surface area contributed by atoms with Gasteiger partial charge in [-0.05, 0) is 44.2 Å². The summed E-state index contributed by atoms with van der Waals surface area (Å²) in [5.74, 6) is 1.54. The van der Waals surface area contributed by atoms with Crippen LogP contribution in [0.25, 0.3) is 22.5 Å². The molecule has 0 saturated carbocycles. The normalized spacial score (nSPS) is 11.0. The van der Waals surface area contributed by atoms with E-state index >= 15 is 0 Å². The van der Waals surface area contributed by atoms with Crippen LogP contribution in [-0.2, 0) is 0 Å². The first-order valence-corrected chi connectivity index (χ1v) is 9.80. The molecular formula is C23H19N7O. The highest BCUT2D eigenvalue weighted by Gasteiger charge is 2.18. The van der Waals surface area contributed by atoms with Crippen molar-refractivity contribution in [2.75, 3.05) is 5.32 Å². The number of aromatic nitrogens is 6. The molecule has 5 rings (SSSR count). The number of hydrogen-bond acceptors (Lipinski definition) is 5. The van der Waals surface area contributed by atoms with E-state index < -0.39 is 0 Å². The Balaban J connectivity index is 1.47. The Kier molecular flexibility index (Phi) is 4.51. The number of amides is 1. The topological polar surface area (TPSA) is 90.5 Å². The van der Waals surface area contributed by atoms with Crippen LogP contribution in [-0.4, -0.2) is 35.4 Å². The first kappa shape index (κ1) is 18.7. The van der Waals surface area contributed by atoms with Gasteiger partial charge in [-0.2, -0.15) is 14.9 Å². The molecular weight excluding hydrogens is 390 g/mol. The van der Waals surface area contributed by atoms with Gasteiger partial charge in [0.2, 0.25) is 0 Å². The molecule has 0 fully saturated rings. The number of benzene rings is 1. The van der Waals surface area contributed by atoms with E-state index in [9.17, 15) is 4.79 Å². The fraction of sp³-hybridized carbons (Fsp3) is 0.0870. The first-order chi connectivity index (χ1) is 15.1. The van der Waals surface area contributed by atoms with Gasteiger partial charge >= 0.3 is 0 Å². The summed E-state index contributed by atoms with van der Waals surface area (Å²) < 4.78 is 3.28. The molecule has 31 heavy (non-hydrogen) atoms. The van der Waals surface area contributed by atoms with Crippen LogP contribution in [0.4, 0.5) is 5.82 Å². The molecule has 4 aromatic heterocycles. The predicted molar refractivity (Wildman–Crippen MR) is 118 cm³/mol. The Morgan fingerprint density at radius 2 is 1.77 bits per heavy atom. The molecule has 0 aliphatic heterocycles. The van der Waals surface area contributed by atoms with Gasteiger partial charge in [-0.15, -0.1) is 0 Å². The van der Waals surface area contributed by atoms with Crippen LogP contribution < -0.4 is 5.32 Å². The molecule has 5 aromatic rings. The maximum atomic E-state index is 13.0. The van der Waals surface area contributed by atoms with Crippen molar-refractivity contribution in [1.29, 1.82) is 0 Å². The van der Waals surface area contributed by atoms with E-state index in [1.165, 1.54) is 0 Å². The Morgan fingerprint density at radius 3 is 2.61 bits per heavy atom. The van der Waals surface area contributed by atoms with E-state index in [1.54, 1.807) is 21.8 Å². The van der Waals surface area contributed by atoms with Crippen LogP contribution in [0.1, 0.15) is 21.7 Å². The summed E-state index contributed by atoms with van der Waals surface area (Å²) >= 11 is 0. The third-order valence-electron chi connectivity index (χ3n) is 4.99. The monoisotopic (exact) mass is 409 g/mol. The van der Waals surface area contributed by atoms with Crippen LogP contribution in [0.3, 0.4) is 0 Å². The molecule has 0 aliphatic rings. The fourth-order valence-electron chi connectivity index (χ4n) is 3.46. The van der Waals surface area contributed by atoms with Crippen LogP contribution in [0.2, 0.25) is 0 Å². The molecule has 1 aromatic carbocycles. The quantitative estimate of drug-likeness (QED) is 0.487. The Morgan fingerprint density at radius 1 is 0.935 bits per heavy atom. The number of rotatable bonds is 4. The minimum absolute atomic E-state index is 0.276. The van der Waals surface area contributed by atoms with E-state index in [4.69, 9.17) is 0 Å². The highest BCUT2D eigenvalue weighted by Crippen LogP contribution is 2.21. The van der Waals surface area contributed by atoms with Crippen LogP contribution in [0.5, 0.6) is 0 Å². The minimum Gasteiger partial charge on any atom is -0.306 e. The average Bonchev–Trinajstić information content (AvgIpc) is 3.36. The molecule has 4 heterocycles. The highest BCUT2D eigenvalue weighted by molar-refractivity contribution is 6.04. The summed E-state index contributed by atoms with van der Waals surface area (Å²) in [7, 11) is 0. The predicted octanol–water partition coefficient (Wildman–Crippen LogP) is 3.87.